The number of fused-ring (bicyclic) bond motifs is 4. The Morgan fingerprint density at radius 2 is 1.80 bits per heavy atom. The molecule has 4 heterocycles. The smallest absolute Gasteiger partial charge is 0.383 e. The summed E-state index contributed by atoms with van der Waals surface area (Å²) in [6, 6.07) is 12.6. The van der Waals surface area contributed by atoms with Crippen LogP contribution in [0.4, 0.5) is 19.0 Å². The van der Waals surface area contributed by atoms with E-state index in [0.29, 0.717) is 40.6 Å². The third-order valence-corrected chi connectivity index (χ3v) is 7.47. The first-order valence-electron chi connectivity index (χ1n) is 13.4. The first-order chi connectivity index (χ1) is 19.3. The van der Waals surface area contributed by atoms with Gasteiger partial charge in [-0.1, -0.05) is 18.2 Å². The molecule has 2 N–H and O–H groups in total. The maximum atomic E-state index is 13.4. The molecule has 6 rings (SSSR count). The molecule has 0 saturated heterocycles. The largest absolute Gasteiger partial charge is 0.416 e. The number of aromatic nitrogens is 5. The number of nitrogens with one attached hydrogen (secondary N) is 1. The fourth-order valence-corrected chi connectivity index (χ4v) is 5.50. The Kier molecular flexibility index (Phi) is 6.18. The topological polar surface area (TPSA) is 93.1 Å². The van der Waals surface area contributed by atoms with Gasteiger partial charge >= 0.3 is 6.18 Å². The lowest BCUT2D eigenvalue weighted by molar-refractivity contribution is -0.137. The van der Waals surface area contributed by atoms with Gasteiger partial charge in [0.05, 0.1) is 28.2 Å². The molecule has 0 bridgehead atoms. The van der Waals surface area contributed by atoms with E-state index in [1.165, 1.54) is 6.07 Å². The van der Waals surface area contributed by atoms with Gasteiger partial charge in [-0.15, -0.1) is 0 Å². The lowest BCUT2D eigenvalue weighted by Crippen LogP contribution is -2.21. The molecule has 1 atom stereocenters. The number of aryl methyl sites for hydroxylation is 2. The minimum absolute atomic E-state index is 0.423. The van der Waals surface area contributed by atoms with Crippen molar-refractivity contribution in [1.82, 2.24) is 24.1 Å². The number of benzene rings is 2. The zero-order valence-electron chi connectivity index (χ0n) is 23.4. The maximum absolute atomic E-state index is 13.4. The molecule has 0 radical (unpaired) electrons. The first kappa shape index (κ1) is 26.9. The number of hydrogen-bond acceptors (Lipinski definition) is 6. The number of rotatable bonds is 4. The SMILES string of the molecule is Cc1nc2n3c(c(-c4ccc5nc(C(C)(C)O)n(C)c5c4)cc-2c(=N[C@H](C)c2cccc(C(F)(F)F)c2)n1)NCC3. The quantitative estimate of drug-likeness (QED) is 0.299. The minimum atomic E-state index is -4.43. The molecule has 0 saturated carbocycles. The van der Waals surface area contributed by atoms with E-state index in [2.05, 4.69) is 19.9 Å². The number of hydrogen-bond donors (Lipinski definition) is 2. The van der Waals surface area contributed by atoms with Gasteiger partial charge in [0.1, 0.15) is 28.9 Å². The highest BCUT2D eigenvalue weighted by atomic mass is 19.4. The fourth-order valence-electron chi connectivity index (χ4n) is 5.50. The predicted molar refractivity (Wildman–Crippen MR) is 150 cm³/mol. The number of alkyl halides is 3. The van der Waals surface area contributed by atoms with Gasteiger partial charge in [-0.3, -0.25) is 4.99 Å². The summed E-state index contributed by atoms with van der Waals surface area (Å²) in [7, 11) is 1.88. The number of imidazole rings is 1. The van der Waals surface area contributed by atoms with Gasteiger partial charge in [0, 0.05) is 25.7 Å². The average molecular weight is 562 g/mol. The van der Waals surface area contributed by atoms with E-state index < -0.39 is 23.4 Å². The highest BCUT2D eigenvalue weighted by Gasteiger charge is 2.31. The van der Waals surface area contributed by atoms with Crippen LogP contribution in [-0.4, -0.2) is 35.7 Å². The lowest BCUT2D eigenvalue weighted by Gasteiger charge is -2.19. The molecule has 0 unspecified atom stereocenters. The fraction of sp³-hybridized carbons (Fsp3) is 0.333. The molecule has 3 aromatic rings. The average Bonchev–Trinajstić information content (AvgIpc) is 3.53. The molecular formula is C30H30F3N7O. The molecule has 0 amide bonds. The van der Waals surface area contributed by atoms with Crippen LogP contribution in [0.3, 0.4) is 0 Å². The molecule has 0 aliphatic carbocycles. The first-order valence-corrected chi connectivity index (χ1v) is 13.4. The molecular weight excluding hydrogens is 531 g/mol. The molecule has 11 heteroatoms. The van der Waals surface area contributed by atoms with Gasteiger partial charge in [-0.25, -0.2) is 15.0 Å². The van der Waals surface area contributed by atoms with Gasteiger partial charge in [-0.2, -0.15) is 13.2 Å². The molecule has 2 aromatic carbocycles. The van der Waals surface area contributed by atoms with E-state index in [1.54, 1.807) is 33.8 Å². The summed E-state index contributed by atoms with van der Waals surface area (Å²) in [6.07, 6.45) is -4.43. The highest BCUT2D eigenvalue weighted by Crippen LogP contribution is 2.38. The summed E-state index contributed by atoms with van der Waals surface area (Å²) in [5.41, 5.74) is 3.27. The summed E-state index contributed by atoms with van der Waals surface area (Å²) in [6.45, 7) is 8.37. The number of halogens is 3. The summed E-state index contributed by atoms with van der Waals surface area (Å²) in [4.78, 5) is 18.8. The molecule has 8 nitrogen and oxygen atoms in total. The number of anilines is 1. The second kappa shape index (κ2) is 9.41. The standard InChI is InChI=1S/C30H30F3N7O/c1-16(18-7-6-8-20(13-18)30(31,32)33)35-25-22-15-21(26-34-11-12-40(26)27(22)37-17(2)36-25)19-9-10-23-24(14-19)39(5)28(38-23)29(3,4)41/h6-10,13-16,34,41H,11-12H2,1-5H3/t16-/m1/s1. The van der Waals surface area contributed by atoms with Gasteiger partial charge in [0.2, 0.25) is 0 Å². The molecule has 0 spiro atoms. The van der Waals surface area contributed by atoms with Crippen molar-refractivity contribution in [3.8, 4) is 22.5 Å². The van der Waals surface area contributed by atoms with Crippen LogP contribution in [0.25, 0.3) is 33.5 Å². The molecule has 3 aliphatic rings. The van der Waals surface area contributed by atoms with Gasteiger partial charge in [-0.05, 0) is 69.2 Å². The zero-order chi connectivity index (χ0) is 29.3. The zero-order valence-corrected chi connectivity index (χ0v) is 23.4. The Bertz CT molecular complexity index is 1850. The summed E-state index contributed by atoms with van der Waals surface area (Å²) >= 11 is 0. The highest BCUT2D eigenvalue weighted by molar-refractivity contribution is 5.88. The van der Waals surface area contributed by atoms with E-state index in [9.17, 15) is 18.3 Å². The van der Waals surface area contributed by atoms with Crippen molar-refractivity contribution in [1.29, 1.82) is 0 Å². The van der Waals surface area contributed by atoms with Crippen molar-refractivity contribution in [2.24, 2.45) is 12.0 Å². The van der Waals surface area contributed by atoms with Crippen LogP contribution >= 0.6 is 0 Å². The third kappa shape index (κ3) is 4.73. The summed E-state index contributed by atoms with van der Waals surface area (Å²) < 4.78 is 44.1. The Morgan fingerprint density at radius 1 is 1.02 bits per heavy atom. The lowest BCUT2D eigenvalue weighted by atomic mass is 10.0. The van der Waals surface area contributed by atoms with E-state index in [1.807, 2.05) is 35.9 Å². The molecule has 3 aliphatic heterocycles. The number of nitrogens with zero attached hydrogens (tertiary/aromatic N) is 6. The van der Waals surface area contributed by atoms with Crippen molar-refractivity contribution in [3.63, 3.8) is 0 Å². The van der Waals surface area contributed by atoms with Crippen molar-refractivity contribution in [2.75, 3.05) is 11.9 Å². The van der Waals surface area contributed by atoms with Crippen LogP contribution in [0, 0.1) is 6.92 Å². The van der Waals surface area contributed by atoms with Crippen molar-refractivity contribution >= 4 is 16.9 Å². The van der Waals surface area contributed by atoms with Gasteiger partial charge in [0.25, 0.3) is 0 Å². The predicted octanol–water partition coefficient (Wildman–Crippen LogP) is 5.58. The Labute approximate surface area is 234 Å². The van der Waals surface area contributed by atoms with Crippen molar-refractivity contribution < 1.29 is 18.3 Å². The van der Waals surface area contributed by atoms with Crippen LogP contribution in [0.2, 0.25) is 0 Å². The number of pyridine rings is 1. The second-order valence-corrected chi connectivity index (χ2v) is 11.0. The number of aliphatic hydroxyl groups is 1. The van der Waals surface area contributed by atoms with Crippen LogP contribution in [0.1, 0.15) is 49.6 Å². The Morgan fingerprint density at radius 3 is 2.54 bits per heavy atom. The normalized spacial score (nSPS) is 15.0. The van der Waals surface area contributed by atoms with Crippen molar-refractivity contribution in [2.45, 2.75) is 52.1 Å². The molecule has 1 aromatic heterocycles. The van der Waals surface area contributed by atoms with Gasteiger partial charge < -0.3 is 19.6 Å². The monoisotopic (exact) mass is 561 g/mol. The second-order valence-electron chi connectivity index (χ2n) is 11.0. The van der Waals surface area contributed by atoms with E-state index >= 15 is 0 Å². The summed E-state index contributed by atoms with van der Waals surface area (Å²) in [5, 5.41) is 14.1. The Hall–Kier alpha value is -4.25. The van der Waals surface area contributed by atoms with Crippen LogP contribution in [0.15, 0.2) is 53.5 Å². The summed E-state index contributed by atoms with van der Waals surface area (Å²) in [5.74, 6) is 2.71. The van der Waals surface area contributed by atoms with Gasteiger partial charge in [0.15, 0.2) is 5.49 Å². The van der Waals surface area contributed by atoms with Crippen LogP contribution in [0.5, 0.6) is 0 Å². The van der Waals surface area contributed by atoms with E-state index in [-0.39, 0.29) is 0 Å². The Balaban J connectivity index is 1.54. The molecule has 0 fully saturated rings. The van der Waals surface area contributed by atoms with E-state index in [4.69, 9.17) is 9.98 Å². The van der Waals surface area contributed by atoms with Crippen LogP contribution in [-0.2, 0) is 25.4 Å². The van der Waals surface area contributed by atoms with E-state index in [0.717, 1.165) is 46.7 Å². The van der Waals surface area contributed by atoms with Crippen molar-refractivity contribution in [3.05, 3.63) is 76.8 Å². The molecule has 212 valence electrons. The van der Waals surface area contributed by atoms with Crippen LogP contribution < -0.4 is 10.8 Å². The maximum Gasteiger partial charge on any atom is 0.416 e. The minimum Gasteiger partial charge on any atom is -0.383 e. The third-order valence-electron chi connectivity index (χ3n) is 7.47. The molecule has 41 heavy (non-hydrogen) atoms.